The molecule has 5 heterocycles. The summed E-state index contributed by atoms with van der Waals surface area (Å²) >= 11 is -0.302. The Labute approximate surface area is 227 Å². The second kappa shape index (κ2) is 10.7. The molecule has 4 aromatic rings. The number of hydrogen-bond acceptors (Lipinski definition) is 7. The van der Waals surface area contributed by atoms with Crippen LogP contribution in [0.4, 0.5) is 14.5 Å². The average molecular weight is 627 g/mol. The zero-order valence-electron chi connectivity index (χ0n) is 20.7. The Bertz CT molecular complexity index is 1660. The van der Waals surface area contributed by atoms with E-state index >= 15 is 0 Å². The quantitative estimate of drug-likeness (QED) is 0.200. The number of hydrogen-bond donors (Lipinski definition) is 1. The Balaban J connectivity index is 1.57. The number of rotatable bonds is 6. The number of aromatic nitrogens is 5. The second-order valence-electron chi connectivity index (χ2n) is 8.30. The van der Waals surface area contributed by atoms with E-state index < -0.39 is 6.43 Å². The normalized spacial score (nSPS) is 16.6. The van der Waals surface area contributed by atoms with E-state index in [0.717, 1.165) is 19.5 Å². The summed E-state index contributed by atoms with van der Waals surface area (Å²) in [6.07, 6.45) is 6.66. The van der Waals surface area contributed by atoms with Gasteiger partial charge in [-0.25, -0.2) is 8.78 Å². The number of aliphatic imine (C=N–C) groups is 1. The average Bonchev–Trinajstić information content (AvgIpc) is 3.49. The van der Waals surface area contributed by atoms with Crippen LogP contribution in [0.5, 0.6) is 5.75 Å². The Morgan fingerprint density at radius 2 is 2.05 bits per heavy atom. The maximum atomic E-state index is 13.9. The van der Waals surface area contributed by atoms with Crippen molar-refractivity contribution in [3.8, 4) is 28.9 Å². The van der Waals surface area contributed by atoms with Gasteiger partial charge in [-0.05, 0) is 13.0 Å². The summed E-state index contributed by atoms with van der Waals surface area (Å²) in [4.78, 5) is 8.91. The number of aryl methyl sites for hydroxylation is 1. The van der Waals surface area contributed by atoms with Crippen LogP contribution in [-0.2, 0) is 0 Å². The molecule has 1 N–H and O–H groups in total. The number of pyridine rings is 2. The number of ether oxygens (including phenoxy) is 1. The van der Waals surface area contributed by atoms with Gasteiger partial charge in [-0.3, -0.25) is 0 Å². The Kier molecular flexibility index (Phi) is 7.19. The van der Waals surface area contributed by atoms with Gasteiger partial charge in [-0.15, -0.1) is 0 Å². The third-order valence-electron chi connectivity index (χ3n) is 5.77. The summed E-state index contributed by atoms with van der Waals surface area (Å²) in [7, 11) is 1.59. The number of nitrogens with one attached hydrogen (secondary N) is 1. The Morgan fingerprint density at radius 1 is 1.21 bits per heavy atom. The van der Waals surface area contributed by atoms with Crippen LogP contribution in [-0.4, -0.2) is 42.1 Å². The Hall–Kier alpha value is -4.12. The molecule has 0 fully saturated rings. The summed E-state index contributed by atoms with van der Waals surface area (Å²) in [5.41, 5.74) is 3.81. The van der Waals surface area contributed by atoms with Gasteiger partial charge >= 0.3 is 189 Å². The van der Waals surface area contributed by atoms with Crippen molar-refractivity contribution >= 4 is 17.4 Å². The predicted molar refractivity (Wildman–Crippen MR) is 135 cm³/mol. The van der Waals surface area contributed by atoms with Gasteiger partial charge in [0.25, 0.3) is 0 Å². The second-order valence-corrected chi connectivity index (χ2v) is 11.1. The van der Waals surface area contributed by atoms with E-state index in [1.165, 1.54) is 22.9 Å². The fraction of sp³-hybridized carbons (Fsp3) is 0.192. The van der Waals surface area contributed by atoms with Crippen LogP contribution in [0.2, 0.25) is 0 Å². The molecule has 0 unspecified atom stereocenters. The molecule has 0 aromatic carbocycles. The number of fused-ring (bicyclic) bond motifs is 1. The fourth-order valence-corrected chi connectivity index (χ4v) is 5.72. The molecule has 0 radical (unpaired) electrons. The van der Waals surface area contributed by atoms with Gasteiger partial charge < -0.3 is 0 Å². The van der Waals surface area contributed by atoms with E-state index in [-0.39, 0.29) is 38.3 Å². The monoisotopic (exact) mass is 627 g/mol. The zero-order valence-corrected chi connectivity index (χ0v) is 22.8. The minimum absolute atomic E-state index is 0.0341. The van der Waals surface area contributed by atoms with E-state index in [1.54, 1.807) is 24.7 Å². The molecule has 12 heteroatoms. The molecular formula is C26H22F2IN8O-. The standard InChI is InChI=1S/C26H22F2IN8O/c1-15-4-7-24(29-8-9-31-15)33-21-14-36-22(11-23(21)38-3)19(13-32-36)20-6-5-18(25(27)28)26(34-20)37-16(2)10-17(12-30)35-37/h4-7,9-11,13-14,25,33H,8H2,1-3H3/q-1/b15-4-,24-7+,31-9?. The molecule has 1 aliphatic heterocycles. The van der Waals surface area contributed by atoms with Crippen LogP contribution in [0.3, 0.4) is 0 Å². The third kappa shape index (κ3) is 5.01. The molecular weight excluding hydrogens is 605 g/mol. The van der Waals surface area contributed by atoms with E-state index in [1.807, 2.05) is 43.6 Å². The first-order valence-electron chi connectivity index (χ1n) is 11.5. The van der Waals surface area contributed by atoms with Crippen LogP contribution in [0.15, 0.2) is 63.2 Å². The van der Waals surface area contributed by atoms with Gasteiger partial charge in [-0.2, -0.15) is 5.26 Å². The van der Waals surface area contributed by atoms with Gasteiger partial charge in [0.1, 0.15) is 6.07 Å². The van der Waals surface area contributed by atoms with Crippen molar-refractivity contribution < 1.29 is 34.7 Å². The number of nitrogens with zero attached hydrogens (tertiary/aromatic N) is 7. The molecule has 0 aliphatic carbocycles. The van der Waals surface area contributed by atoms with Crippen LogP contribution in [0, 0.1) is 18.3 Å². The van der Waals surface area contributed by atoms with Crippen LogP contribution in [0.1, 0.15) is 30.3 Å². The molecule has 9 nitrogen and oxygen atoms in total. The molecule has 5 rings (SSSR count). The molecule has 38 heavy (non-hydrogen) atoms. The van der Waals surface area contributed by atoms with Crippen LogP contribution >= 0.6 is 0 Å². The minimum atomic E-state index is -2.77. The van der Waals surface area contributed by atoms with E-state index in [0.29, 0.717) is 28.2 Å². The van der Waals surface area contributed by atoms with Gasteiger partial charge in [0, 0.05) is 0 Å². The van der Waals surface area contributed by atoms with Crippen LogP contribution in [0.25, 0.3) is 22.6 Å². The van der Waals surface area contributed by atoms with E-state index in [4.69, 9.17) is 4.74 Å². The molecule has 0 spiro atoms. The van der Waals surface area contributed by atoms with Crippen molar-refractivity contribution in [3.63, 3.8) is 0 Å². The number of halogens is 3. The number of methoxy groups -OCH3 is 1. The van der Waals surface area contributed by atoms with Gasteiger partial charge in [-0.1, -0.05) is 0 Å². The number of nitriles is 1. The van der Waals surface area contributed by atoms with Crippen molar-refractivity contribution in [2.75, 3.05) is 16.9 Å². The van der Waals surface area contributed by atoms with Crippen LogP contribution < -0.4 is 31.3 Å². The molecule has 0 amide bonds. The number of anilines is 1. The summed E-state index contributed by atoms with van der Waals surface area (Å²) in [5.74, 6) is 0.569. The number of alkyl halides is 3. The van der Waals surface area contributed by atoms with Crippen molar-refractivity contribution in [3.05, 3.63) is 75.2 Å². The molecule has 194 valence electrons. The van der Waals surface area contributed by atoms with Gasteiger partial charge in [0.05, 0.1) is 0 Å². The molecule has 0 atom stereocenters. The summed E-state index contributed by atoms with van der Waals surface area (Å²) < 4.78 is 38.4. The van der Waals surface area contributed by atoms with Crippen molar-refractivity contribution in [2.45, 2.75) is 20.3 Å². The predicted octanol–water partition coefficient (Wildman–Crippen LogP) is 2.04. The maximum absolute atomic E-state index is 13.9. The fourth-order valence-electron chi connectivity index (χ4n) is 3.94. The van der Waals surface area contributed by atoms with Gasteiger partial charge in [0.15, 0.2) is 5.69 Å². The summed E-state index contributed by atoms with van der Waals surface area (Å²) in [6.45, 7) is 3.64. The van der Waals surface area contributed by atoms with E-state index in [9.17, 15) is 14.0 Å². The summed E-state index contributed by atoms with van der Waals surface area (Å²) in [6, 6.07) is 8.16. The van der Waals surface area contributed by atoms with Gasteiger partial charge in [0.2, 0.25) is 0 Å². The molecule has 0 saturated heterocycles. The Morgan fingerprint density at radius 3 is 2.79 bits per heavy atom. The zero-order chi connectivity index (χ0) is 26.8. The molecule has 4 aromatic heterocycles. The SMILES string of the molecule is COc1cc2c(-c3ccc(C(F)F)c(-n4nc(C#N)cc4C)n3)cnn2cc1N/C1=C/C=C(/C)N=CC[I-]1. The first-order chi connectivity index (χ1) is 18.4. The van der Waals surface area contributed by atoms with E-state index in [2.05, 4.69) is 25.5 Å². The number of allylic oxidation sites excluding steroid dienone is 3. The summed E-state index contributed by atoms with van der Waals surface area (Å²) in [5, 5.41) is 21.3. The topological polar surface area (TPSA) is 105 Å². The van der Waals surface area contributed by atoms with Crippen molar-refractivity contribution in [2.24, 2.45) is 4.99 Å². The first-order valence-corrected chi connectivity index (χ1v) is 14.1. The molecule has 1 aliphatic rings. The molecule has 0 saturated carbocycles. The third-order valence-corrected chi connectivity index (χ3v) is 8.05. The van der Waals surface area contributed by atoms with Crippen molar-refractivity contribution in [1.82, 2.24) is 24.4 Å². The van der Waals surface area contributed by atoms with Crippen molar-refractivity contribution in [1.29, 1.82) is 5.26 Å². The molecule has 0 bridgehead atoms. The first kappa shape index (κ1) is 25.5.